The van der Waals surface area contributed by atoms with Gasteiger partial charge in [-0.1, -0.05) is 19.9 Å². The summed E-state index contributed by atoms with van der Waals surface area (Å²) in [5.41, 5.74) is 0.750. The van der Waals surface area contributed by atoms with E-state index in [2.05, 4.69) is 9.24 Å². The fraction of sp³-hybridized carbons (Fsp3) is 0.571. The van der Waals surface area contributed by atoms with E-state index in [1.54, 1.807) is 13.2 Å². The van der Waals surface area contributed by atoms with Gasteiger partial charge < -0.3 is 9.47 Å². The molecule has 6 heteroatoms. The summed E-state index contributed by atoms with van der Waals surface area (Å²) in [6, 6.07) is 5.47. The Morgan fingerprint density at radius 3 is 2.30 bits per heavy atom. The molecule has 4 nitrogen and oxygen atoms in total. The molecule has 0 bridgehead atoms. The highest BCUT2D eigenvalue weighted by molar-refractivity contribution is 7.90. The third kappa shape index (κ3) is 6.58. The van der Waals surface area contributed by atoms with Gasteiger partial charge in [-0.2, -0.15) is 0 Å². The van der Waals surface area contributed by atoms with Gasteiger partial charge in [-0.25, -0.2) is 8.42 Å². The summed E-state index contributed by atoms with van der Waals surface area (Å²) >= 11 is 0. The fourth-order valence-corrected chi connectivity index (χ4v) is 3.72. The second-order valence-corrected chi connectivity index (χ2v) is 7.03. The summed E-state index contributed by atoms with van der Waals surface area (Å²) in [6.07, 6.45) is 1.23. The first-order valence-electron chi connectivity index (χ1n) is 6.61. The maximum Gasteiger partial charge on any atom is 0.161 e. The predicted molar refractivity (Wildman–Crippen MR) is 87.7 cm³/mol. The van der Waals surface area contributed by atoms with Crippen LogP contribution in [-0.2, 0) is 9.84 Å². The zero-order valence-electron chi connectivity index (χ0n) is 12.8. The topological polar surface area (TPSA) is 52.6 Å². The Hall–Kier alpha value is -0.800. The summed E-state index contributed by atoms with van der Waals surface area (Å²) in [5, 5.41) is 0. The lowest BCUT2D eigenvalue weighted by Gasteiger charge is -2.14. The molecule has 0 fully saturated rings. The van der Waals surface area contributed by atoms with Gasteiger partial charge in [0, 0.05) is 11.9 Å². The van der Waals surface area contributed by atoms with E-state index in [-0.39, 0.29) is 11.4 Å². The summed E-state index contributed by atoms with van der Waals surface area (Å²) in [5.74, 6) is 1.38. The first-order valence-corrected chi connectivity index (χ1v) is 9.34. The van der Waals surface area contributed by atoms with Gasteiger partial charge in [-0.3, -0.25) is 0 Å². The van der Waals surface area contributed by atoms with Crippen LogP contribution in [0.2, 0.25) is 0 Å². The van der Waals surface area contributed by atoms with E-state index < -0.39 is 9.84 Å². The van der Waals surface area contributed by atoms with E-state index in [4.69, 9.17) is 9.47 Å². The summed E-state index contributed by atoms with van der Waals surface area (Å²) in [6.45, 7) is 6.42. The van der Waals surface area contributed by atoms with Gasteiger partial charge in [0.15, 0.2) is 11.5 Å². The molecule has 0 heterocycles. The second-order valence-electron chi connectivity index (χ2n) is 4.04. The molecule has 0 aliphatic carbocycles. The van der Waals surface area contributed by atoms with Crippen molar-refractivity contribution in [1.29, 1.82) is 0 Å². The van der Waals surface area contributed by atoms with Crippen molar-refractivity contribution in [3.63, 3.8) is 0 Å². The molecular weight excluding hydrogens is 295 g/mol. The van der Waals surface area contributed by atoms with E-state index >= 15 is 0 Å². The van der Waals surface area contributed by atoms with Crippen LogP contribution in [0.4, 0.5) is 0 Å². The Morgan fingerprint density at radius 2 is 1.85 bits per heavy atom. The lowest BCUT2D eigenvalue weighted by Crippen LogP contribution is -2.09. The summed E-state index contributed by atoms with van der Waals surface area (Å²) in [7, 11) is 1.12. The van der Waals surface area contributed by atoms with Crippen LogP contribution in [0.25, 0.3) is 0 Å². The van der Waals surface area contributed by atoms with Gasteiger partial charge in [0.2, 0.25) is 0 Å². The lowest BCUT2D eigenvalue weighted by molar-refractivity contribution is 0.310. The molecule has 0 aromatic heterocycles. The molecule has 0 amide bonds. The van der Waals surface area contributed by atoms with E-state index in [1.165, 1.54) is 6.26 Å². The maximum atomic E-state index is 11.3. The number of ether oxygens (including phenoxy) is 2. The smallest absolute Gasteiger partial charge is 0.161 e. The minimum Gasteiger partial charge on any atom is -0.493 e. The highest BCUT2D eigenvalue weighted by Gasteiger charge is 2.15. The lowest BCUT2D eigenvalue weighted by atomic mass is 10.1. The number of hydrogen-bond acceptors (Lipinski definition) is 4. The largest absolute Gasteiger partial charge is 0.493 e. The maximum absolute atomic E-state index is 11.3. The van der Waals surface area contributed by atoms with Crippen molar-refractivity contribution < 1.29 is 17.9 Å². The molecule has 1 aromatic rings. The van der Waals surface area contributed by atoms with Crippen LogP contribution in [0.15, 0.2) is 18.2 Å². The Balaban J connectivity index is 0.00000172. The van der Waals surface area contributed by atoms with Crippen molar-refractivity contribution in [2.75, 3.05) is 25.7 Å². The van der Waals surface area contributed by atoms with E-state index in [1.807, 2.05) is 32.9 Å². The standard InChI is InChI=1S/C12H19O4PS.C2H6/c1-4-16-11-7-9(5-6-10(11)15-2)12(17)8-18(3,13)14;1-2/h5-7,12H,4,8,17H2,1-3H3;1-2H3. The van der Waals surface area contributed by atoms with Crippen LogP contribution >= 0.6 is 9.24 Å². The van der Waals surface area contributed by atoms with Gasteiger partial charge in [-0.05, 0) is 24.6 Å². The number of sulfone groups is 1. The van der Waals surface area contributed by atoms with E-state index in [0.717, 1.165) is 5.56 Å². The predicted octanol–water partition coefficient (Wildman–Crippen LogP) is 3.08. The Kier molecular flexibility index (Phi) is 8.83. The number of rotatable bonds is 6. The normalized spacial score (nSPS) is 12.1. The molecule has 1 aromatic carbocycles. The van der Waals surface area contributed by atoms with E-state index in [9.17, 15) is 8.42 Å². The van der Waals surface area contributed by atoms with Crippen molar-refractivity contribution in [2.45, 2.75) is 26.4 Å². The summed E-state index contributed by atoms with van der Waals surface area (Å²) in [4.78, 5) is 0. The molecule has 0 aliphatic heterocycles. The number of hydrogen-bond donors (Lipinski definition) is 0. The van der Waals surface area contributed by atoms with Crippen LogP contribution in [0.5, 0.6) is 11.5 Å². The first-order chi connectivity index (χ1) is 9.37. The van der Waals surface area contributed by atoms with Crippen LogP contribution in [-0.4, -0.2) is 34.1 Å². The zero-order chi connectivity index (χ0) is 15.8. The molecule has 0 saturated carbocycles. The molecule has 0 saturated heterocycles. The zero-order valence-corrected chi connectivity index (χ0v) is 14.8. The van der Waals surface area contributed by atoms with Gasteiger partial charge in [0.25, 0.3) is 0 Å². The van der Waals surface area contributed by atoms with Crippen molar-refractivity contribution in [3.05, 3.63) is 23.8 Å². The Labute approximate surface area is 125 Å². The molecule has 2 atom stereocenters. The molecular formula is C14H25O4PS. The highest BCUT2D eigenvalue weighted by Crippen LogP contribution is 2.33. The average molecular weight is 320 g/mol. The number of benzene rings is 1. The van der Waals surface area contributed by atoms with Gasteiger partial charge in [-0.15, -0.1) is 9.24 Å². The Bertz CT molecular complexity index is 500. The third-order valence-corrected chi connectivity index (χ3v) is 4.32. The minimum absolute atomic E-state index is 0.0928. The van der Waals surface area contributed by atoms with Crippen LogP contribution in [0.3, 0.4) is 0 Å². The summed E-state index contributed by atoms with van der Waals surface area (Å²) < 4.78 is 33.2. The monoisotopic (exact) mass is 320 g/mol. The van der Waals surface area contributed by atoms with Gasteiger partial charge in [0.1, 0.15) is 9.84 Å². The van der Waals surface area contributed by atoms with E-state index in [0.29, 0.717) is 18.1 Å². The second kappa shape index (κ2) is 9.19. The average Bonchev–Trinajstić information content (AvgIpc) is 2.39. The first kappa shape index (κ1) is 19.2. The fourth-order valence-electron chi connectivity index (χ4n) is 1.61. The molecule has 1 rings (SSSR count). The SMILES string of the molecule is CC.CCOc1cc(C(P)CS(C)(=O)=O)ccc1OC. The molecule has 116 valence electrons. The highest BCUT2D eigenvalue weighted by atomic mass is 32.2. The molecule has 0 radical (unpaired) electrons. The van der Waals surface area contributed by atoms with Crippen LogP contribution in [0.1, 0.15) is 32.0 Å². The Morgan fingerprint density at radius 1 is 1.25 bits per heavy atom. The molecule has 2 unspecified atom stereocenters. The van der Waals surface area contributed by atoms with Crippen molar-refractivity contribution in [1.82, 2.24) is 0 Å². The van der Waals surface area contributed by atoms with Crippen molar-refractivity contribution in [2.24, 2.45) is 0 Å². The molecule has 0 aliphatic rings. The molecule has 0 spiro atoms. The molecule has 0 N–H and O–H groups in total. The van der Waals surface area contributed by atoms with Crippen molar-refractivity contribution >= 4 is 19.1 Å². The third-order valence-electron chi connectivity index (χ3n) is 2.40. The van der Waals surface area contributed by atoms with Crippen LogP contribution < -0.4 is 9.47 Å². The van der Waals surface area contributed by atoms with Gasteiger partial charge >= 0.3 is 0 Å². The van der Waals surface area contributed by atoms with Crippen molar-refractivity contribution in [3.8, 4) is 11.5 Å². The molecule has 20 heavy (non-hydrogen) atoms. The van der Waals surface area contributed by atoms with Gasteiger partial charge in [0.05, 0.1) is 19.5 Å². The minimum atomic E-state index is -3.01. The number of methoxy groups -OCH3 is 1. The van der Waals surface area contributed by atoms with Crippen LogP contribution in [0, 0.1) is 0 Å². The quantitative estimate of drug-likeness (QED) is 0.756.